The van der Waals surface area contributed by atoms with E-state index in [4.69, 9.17) is 0 Å². The van der Waals surface area contributed by atoms with Gasteiger partial charge in [-0.05, 0) is 99.3 Å². The van der Waals surface area contributed by atoms with Gasteiger partial charge in [0.15, 0.2) is 0 Å². The van der Waals surface area contributed by atoms with Gasteiger partial charge in [0.2, 0.25) is 0 Å². The minimum absolute atomic E-state index is 0.00179. The molecule has 2 N–H and O–H groups in total. The van der Waals surface area contributed by atoms with Gasteiger partial charge in [0.1, 0.15) is 0 Å². The Morgan fingerprint density at radius 3 is 2.44 bits per heavy atom. The van der Waals surface area contributed by atoms with Crippen LogP contribution in [0, 0.1) is 3.57 Å². The number of hydrogen-bond acceptors (Lipinski definition) is 3. The molecule has 0 atom stereocenters. The summed E-state index contributed by atoms with van der Waals surface area (Å²) in [4.78, 5) is 16.9. The van der Waals surface area contributed by atoms with Crippen molar-refractivity contribution in [2.45, 2.75) is 61.6 Å². The Labute approximate surface area is 175 Å². The highest BCUT2D eigenvalue weighted by Crippen LogP contribution is 2.48. The Morgan fingerprint density at radius 1 is 1.19 bits per heavy atom. The summed E-state index contributed by atoms with van der Waals surface area (Å²) in [6.45, 7) is 1.19. The van der Waals surface area contributed by atoms with E-state index in [1.165, 1.54) is 9.13 Å². The fourth-order valence-electron chi connectivity index (χ4n) is 5.27. The second-order valence-corrected chi connectivity index (χ2v) is 10.2. The lowest BCUT2D eigenvalue weighted by molar-refractivity contribution is -0.0725. The van der Waals surface area contributed by atoms with Crippen LogP contribution in [0.4, 0.5) is 4.79 Å². The quantitative estimate of drug-likeness (QED) is 0.647. The van der Waals surface area contributed by atoms with Crippen molar-refractivity contribution in [2.75, 3.05) is 27.2 Å². The molecular weight excluding hydrogens is 453 g/mol. The minimum Gasteiger partial charge on any atom is -0.388 e. The Hall–Kier alpha value is -0.860. The van der Waals surface area contributed by atoms with E-state index < -0.39 is 5.60 Å². The fourth-order valence-corrected chi connectivity index (χ4v) is 5.81. The van der Waals surface area contributed by atoms with Gasteiger partial charge in [0.05, 0.1) is 17.7 Å². The van der Waals surface area contributed by atoms with Crippen molar-refractivity contribution in [2.24, 2.45) is 0 Å². The van der Waals surface area contributed by atoms with E-state index in [0.29, 0.717) is 13.1 Å². The summed E-state index contributed by atoms with van der Waals surface area (Å²) < 4.78 is 1.26. The zero-order chi connectivity index (χ0) is 19.3. The second-order valence-electron chi connectivity index (χ2n) is 8.98. The van der Waals surface area contributed by atoms with Gasteiger partial charge >= 0.3 is 6.03 Å². The molecule has 1 aromatic rings. The van der Waals surface area contributed by atoms with Gasteiger partial charge in [-0.3, -0.25) is 4.90 Å². The Kier molecular flexibility index (Phi) is 4.96. The lowest BCUT2D eigenvalue weighted by Crippen LogP contribution is -2.59. The summed E-state index contributed by atoms with van der Waals surface area (Å²) in [7, 11) is 4.34. The van der Waals surface area contributed by atoms with Crippen LogP contribution in [0.3, 0.4) is 0 Å². The molecule has 2 aliphatic carbocycles. The van der Waals surface area contributed by atoms with Crippen LogP contribution in [0.2, 0.25) is 0 Å². The maximum absolute atomic E-state index is 12.6. The summed E-state index contributed by atoms with van der Waals surface area (Å²) in [5.41, 5.74) is 0.567. The number of hydrogen-bond donors (Lipinski definition) is 2. The average Bonchev–Trinajstić information content (AvgIpc) is 2.91. The Morgan fingerprint density at radius 2 is 1.89 bits per heavy atom. The molecular formula is C21H30IN3O2. The van der Waals surface area contributed by atoms with E-state index in [-0.39, 0.29) is 17.1 Å². The molecule has 2 amide bonds. The van der Waals surface area contributed by atoms with Crippen molar-refractivity contribution < 1.29 is 9.90 Å². The van der Waals surface area contributed by atoms with Crippen molar-refractivity contribution in [1.82, 2.24) is 15.1 Å². The van der Waals surface area contributed by atoms with Crippen LogP contribution in [0.5, 0.6) is 0 Å². The summed E-state index contributed by atoms with van der Waals surface area (Å²) in [5.74, 6) is 0. The van der Waals surface area contributed by atoms with Gasteiger partial charge in [-0.2, -0.15) is 0 Å². The van der Waals surface area contributed by atoms with Crippen molar-refractivity contribution in [3.05, 3.63) is 33.4 Å². The molecule has 148 valence electrons. The van der Waals surface area contributed by atoms with Crippen LogP contribution in [-0.4, -0.2) is 59.3 Å². The fraction of sp³-hybridized carbons (Fsp3) is 0.667. The first-order chi connectivity index (χ1) is 12.8. The number of nitrogens with zero attached hydrogens (tertiary/aromatic N) is 2. The number of β-amino-alcohol motifs (C(OH)–C–C–N with tert-alkyl or cyclic N) is 1. The van der Waals surface area contributed by atoms with Crippen molar-refractivity contribution in [3.8, 4) is 0 Å². The molecule has 0 aromatic heterocycles. The van der Waals surface area contributed by atoms with Crippen LogP contribution < -0.4 is 5.32 Å². The molecule has 5 nitrogen and oxygen atoms in total. The van der Waals surface area contributed by atoms with E-state index in [9.17, 15) is 9.90 Å². The third kappa shape index (κ3) is 3.27. The molecule has 3 fully saturated rings. The largest absolute Gasteiger partial charge is 0.388 e. The highest BCUT2D eigenvalue weighted by atomic mass is 127. The van der Waals surface area contributed by atoms with Crippen molar-refractivity contribution >= 4 is 28.6 Å². The first-order valence-corrected chi connectivity index (χ1v) is 11.1. The van der Waals surface area contributed by atoms with Crippen molar-refractivity contribution in [1.29, 1.82) is 0 Å². The topological polar surface area (TPSA) is 55.8 Å². The first-order valence-electron chi connectivity index (χ1n) is 10.0. The van der Waals surface area contributed by atoms with Crippen LogP contribution in [0.25, 0.3) is 0 Å². The molecule has 1 aliphatic heterocycles. The van der Waals surface area contributed by atoms with Gasteiger partial charge in [-0.15, -0.1) is 0 Å². The minimum atomic E-state index is -0.666. The smallest absolute Gasteiger partial charge is 0.318 e. The highest BCUT2D eigenvalue weighted by Gasteiger charge is 2.54. The maximum Gasteiger partial charge on any atom is 0.318 e. The van der Waals surface area contributed by atoms with Gasteiger partial charge < -0.3 is 15.3 Å². The van der Waals surface area contributed by atoms with Gasteiger partial charge in [0.25, 0.3) is 0 Å². The van der Waals surface area contributed by atoms with Crippen LogP contribution >= 0.6 is 22.6 Å². The summed E-state index contributed by atoms with van der Waals surface area (Å²) >= 11 is 2.39. The summed E-state index contributed by atoms with van der Waals surface area (Å²) in [6, 6.07) is 8.82. The lowest BCUT2D eigenvalue weighted by atomic mass is 9.68. The van der Waals surface area contributed by atoms with Gasteiger partial charge in [0, 0.05) is 15.7 Å². The second kappa shape index (κ2) is 6.88. The summed E-state index contributed by atoms with van der Waals surface area (Å²) in [6.07, 6.45) is 6.66. The molecule has 1 aromatic carbocycles. The number of amides is 2. The standard InChI is InChI=1S/C21H30IN3O2/c1-24(2)21(16-5-3-6-17(22)13-16)11-9-19(10-12-21)14-23-18(26)25(19)15-20(27)7-4-8-20/h3,5-6,13,27H,4,7-12,14-15H2,1-2H3,(H,23,26). The zero-order valence-electron chi connectivity index (χ0n) is 16.3. The molecule has 6 heteroatoms. The zero-order valence-corrected chi connectivity index (χ0v) is 18.5. The maximum atomic E-state index is 12.6. The van der Waals surface area contributed by atoms with Crippen LogP contribution in [0.15, 0.2) is 24.3 Å². The van der Waals surface area contributed by atoms with E-state index in [2.05, 4.69) is 71.2 Å². The third-order valence-electron chi connectivity index (χ3n) is 7.35. The predicted octanol–water partition coefficient (Wildman–Crippen LogP) is 3.30. The number of benzene rings is 1. The molecule has 2 saturated carbocycles. The van der Waals surface area contributed by atoms with E-state index in [1.54, 1.807) is 0 Å². The highest BCUT2D eigenvalue weighted by molar-refractivity contribution is 14.1. The molecule has 1 heterocycles. The van der Waals surface area contributed by atoms with Crippen molar-refractivity contribution in [3.63, 3.8) is 0 Å². The van der Waals surface area contributed by atoms with Gasteiger partial charge in [-0.1, -0.05) is 12.1 Å². The first kappa shape index (κ1) is 19.5. The molecule has 4 rings (SSSR count). The number of carbonyl (C=O) groups is 1. The van der Waals surface area contributed by atoms with E-state index >= 15 is 0 Å². The number of urea groups is 1. The SMILES string of the molecule is CN(C)C1(c2cccc(I)c2)CCC2(CC1)CNC(=O)N2CC1(O)CCC1. The molecule has 27 heavy (non-hydrogen) atoms. The van der Waals surface area contributed by atoms with E-state index in [0.717, 1.165) is 44.9 Å². The lowest BCUT2D eigenvalue weighted by Gasteiger charge is -2.52. The number of halogens is 1. The van der Waals surface area contributed by atoms with Crippen LogP contribution in [0.1, 0.15) is 50.5 Å². The number of carbonyl (C=O) groups excluding carboxylic acids is 1. The number of aliphatic hydroxyl groups is 1. The molecule has 1 spiro atoms. The molecule has 0 unspecified atom stereocenters. The molecule has 3 aliphatic rings. The Balaban J connectivity index is 1.58. The van der Waals surface area contributed by atoms with Gasteiger partial charge in [-0.25, -0.2) is 4.79 Å². The molecule has 1 saturated heterocycles. The number of nitrogens with one attached hydrogen (secondary N) is 1. The average molecular weight is 483 g/mol. The number of rotatable bonds is 4. The molecule has 0 bridgehead atoms. The van der Waals surface area contributed by atoms with E-state index in [1.807, 2.05) is 4.90 Å². The molecule has 0 radical (unpaired) electrons. The normalized spacial score (nSPS) is 32.6. The van der Waals surface area contributed by atoms with Crippen LogP contribution in [-0.2, 0) is 5.54 Å². The monoisotopic (exact) mass is 483 g/mol. The Bertz CT molecular complexity index is 724. The summed E-state index contributed by atoms with van der Waals surface area (Å²) in [5, 5.41) is 13.7. The third-order valence-corrected chi connectivity index (χ3v) is 8.02. The predicted molar refractivity (Wildman–Crippen MR) is 115 cm³/mol.